The molecule has 0 saturated carbocycles. The summed E-state index contributed by atoms with van der Waals surface area (Å²) in [5.41, 5.74) is -0.638. The van der Waals surface area contributed by atoms with Crippen LogP contribution in [0.3, 0.4) is 0 Å². The predicted molar refractivity (Wildman–Crippen MR) is 82.7 cm³/mol. The molecule has 0 atom stereocenters. The van der Waals surface area contributed by atoms with Crippen LogP contribution in [0.5, 0.6) is 5.75 Å². The first-order valence-corrected chi connectivity index (χ1v) is 7.30. The first kappa shape index (κ1) is 19.2. The fourth-order valence-electron chi connectivity index (χ4n) is 2.10. The van der Waals surface area contributed by atoms with Crippen LogP contribution < -0.4 is 5.32 Å². The fourth-order valence-corrected chi connectivity index (χ4v) is 2.10. The number of carbonyl (C=O) groups is 2. The summed E-state index contributed by atoms with van der Waals surface area (Å²) in [5, 5.41) is 20.5. The Morgan fingerprint density at radius 2 is 1.77 bits per heavy atom. The van der Waals surface area contributed by atoms with Crippen molar-refractivity contribution in [2.24, 2.45) is 0 Å². The van der Waals surface area contributed by atoms with Gasteiger partial charge in [0.05, 0.1) is 11.3 Å². The largest absolute Gasteiger partial charge is 0.504 e. The van der Waals surface area contributed by atoms with Gasteiger partial charge in [-0.1, -0.05) is 12.1 Å². The van der Waals surface area contributed by atoms with E-state index in [2.05, 4.69) is 15.3 Å². The van der Waals surface area contributed by atoms with Gasteiger partial charge in [-0.2, -0.15) is 13.2 Å². The second-order valence-electron chi connectivity index (χ2n) is 5.37. The molecule has 3 N–H and O–H groups in total. The second kappa shape index (κ2) is 7.38. The molecule has 0 fully saturated rings. The molecule has 1 aromatic carbocycles. The van der Waals surface area contributed by atoms with E-state index >= 15 is 0 Å². The van der Waals surface area contributed by atoms with E-state index in [1.807, 2.05) is 0 Å². The molecule has 0 saturated heterocycles. The monoisotopic (exact) mass is 369 g/mol. The van der Waals surface area contributed by atoms with Gasteiger partial charge in [0, 0.05) is 6.42 Å². The van der Waals surface area contributed by atoms with Gasteiger partial charge < -0.3 is 15.5 Å². The molecule has 2 rings (SSSR count). The summed E-state index contributed by atoms with van der Waals surface area (Å²) in [6, 6.07) is 4.36. The van der Waals surface area contributed by atoms with E-state index < -0.39 is 41.6 Å². The number of aliphatic carboxylic acids is 1. The van der Waals surface area contributed by atoms with Crippen molar-refractivity contribution in [3.63, 3.8) is 0 Å². The molecule has 7 nitrogen and oxygen atoms in total. The fraction of sp³-hybridized carbons (Fsp3) is 0.250. The molecule has 0 aliphatic heterocycles. The van der Waals surface area contributed by atoms with Gasteiger partial charge in [-0.15, -0.1) is 0 Å². The van der Waals surface area contributed by atoms with Crippen LogP contribution in [0.15, 0.2) is 24.3 Å². The SMILES string of the molecule is Cc1nc(Cc2ccc(C(F)(F)F)cc2)nc(C(=O)NCC(=O)O)c1O. The van der Waals surface area contributed by atoms with Gasteiger partial charge in [0.25, 0.3) is 5.91 Å². The lowest BCUT2D eigenvalue weighted by Crippen LogP contribution is -2.30. The number of carbonyl (C=O) groups excluding carboxylic acids is 1. The van der Waals surface area contributed by atoms with Crippen LogP contribution in [0, 0.1) is 6.92 Å². The van der Waals surface area contributed by atoms with Crippen molar-refractivity contribution >= 4 is 11.9 Å². The van der Waals surface area contributed by atoms with Crippen molar-refractivity contribution in [2.45, 2.75) is 19.5 Å². The predicted octanol–water partition coefficient (Wildman–Crippen LogP) is 1.91. The highest BCUT2D eigenvalue weighted by Gasteiger charge is 2.30. The number of aromatic hydroxyl groups is 1. The number of hydrogen-bond donors (Lipinski definition) is 3. The van der Waals surface area contributed by atoms with E-state index in [4.69, 9.17) is 5.11 Å². The first-order chi connectivity index (χ1) is 12.1. The lowest BCUT2D eigenvalue weighted by molar-refractivity contribution is -0.138. The van der Waals surface area contributed by atoms with Gasteiger partial charge in [-0.3, -0.25) is 9.59 Å². The minimum atomic E-state index is -4.44. The minimum absolute atomic E-state index is 0.0263. The molecule has 10 heteroatoms. The summed E-state index contributed by atoms with van der Waals surface area (Å²) in [5.74, 6) is -2.57. The number of aryl methyl sites for hydroxylation is 1. The quantitative estimate of drug-likeness (QED) is 0.742. The number of alkyl halides is 3. The minimum Gasteiger partial charge on any atom is -0.504 e. The summed E-state index contributed by atoms with van der Waals surface area (Å²) in [6.45, 7) is 0.761. The number of rotatable bonds is 5. The number of hydrogen-bond acceptors (Lipinski definition) is 5. The van der Waals surface area contributed by atoms with E-state index in [-0.39, 0.29) is 17.9 Å². The molecule has 0 aliphatic rings. The third kappa shape index (κ3) is 4.68. The third-order valence-electron chi connectivity index (χ3n) is 3.36. The van der Waals surface area contributed by atoms with Crippen molar-refractivity contribution in [1.82, 2.24) is 15.3 Å². The Morgan fingerprint density at radius 1 is 1.15 bits per heavy atom. The number of halogens is 3. The summed E-state index contributed by atoms with van der Waals surface area (Å²) < 4.78 is 37.7. The standard InChI is InChI=1S/C16H14F3N3O4/c1-8-14(25)13(15(26)20-7-12(23)24)22-11(21-8)6-9-2-4-10(5-3-9)16(17,18)19/h2-5,25H,6-7H2,1H3,(H,20,26)(H,23,24). The molecule has 1 amide bonds. The zero-order valence-corrected chi connectivity index (χ0v) is 13.5. The molecule has 0 bridgehead atoms. The third-order valence-corrected chi connectivity index (χ3v) is 3.36. The Morgan fingerprint density at radius 3 is 2.31 bits per heavy atom. The van der Waals surface area contributed by atoms with Crippen LogP contribution in [-0.2, 0) is 17.4 Å². The van der Waals surface area contributed by atoms with Gasteiger partial charge in [0.2, 0.25) is 0 Å². The van der Waals surface area contributed by atoms with Crippen molar-refractivity contribution in [2.75, 3.05) is 6.54 Å². The van der Waals surface area contributed by atoms with Crippen molar-refractivity contribution < 1.29 is 33.0 Å². The maximum absolute atomic E-state index is 12.6. The smallest absolute Gasteiger partial charge is 0.416 e. The number of aromatic nitrogens is 2. The zero-order valence-electron chi connectivity index (χ0n) is 13.5. The Kier molecular flexibility index (Phi) is 5.44. The second-order valence-corrected chi connectivity index (χ2v) is 5.37. The number of carboxylic acids is 1. The topological polar surface area (TPSA) is 112 Å². The van der Waals surface area contributed by atoms with E-state index in [9.17, 15) is 27.9 Å². The zero-order chi connectivity index (χ0) is 19.5. The van der Waals surface area contributed by atoms with E-state index in [0.29, 0.717) is 5.56 Å². The molecule has 0 radical (unpaired) electrons. The highest BCUT2D eigenvalue weighted by atomic mass is 19.4. The number of carboxylic acid groups (broad SMARTS) is 1. The number of benzene rings is 1. The number of amides is 1. The lowest BCUT2D eigenvalue weighted by Gasteiger charge is -2.10. The van der Waals surface area contributed by atoms with Gasteiger partial charge in [0.15, 0.2) is 11.4 Å². The van der Waals surface area contributed by atoms with Crippen LogP contribution in [0.4, 0.5) is 13.2 Å². The average Bonchev–Trinajstić information content (AvgIpc) is 2.55. The van der Waals surface area contributed by atoms with Gasteiger partial charge in [-0.05, 0) is 24.6 Å². The summed E-state index contributed by atoms with van der Waals surface area (Å²) in [4.78, 5) is 30.3. The molecule has 1 heterocycles. The van der Waals surface area contributed by atoms with Crippen molar-refractivity contribution in [3.05, 3.63) is 52.6 Å². The van der Waals surface area contributed by atoms with Crippen molar-refractivity contribution in [1.29, 1.82) is 0 Å². The molecular weight excluding hydrogens is 355 g/mol. The molecular formula is C16H14F3N3O4. The Hall–Kier alpha value is -3.17. The van der Waals surface area contributed by atoms with E-state index in [0.717, 1.165) is 12.1 Å². The summed E-state index contributed by atoms with van der Waals surface area (Å²) in [7, 11) is 0. The Balaban J connectivity index is 2.25. The van der Waals surface area contributed by atoms with Crippen molar-refractivity contribution in [3.8, 4) is 5.75 Å². The molecule has 2 aromatic rings. The molecule has 26 heavy (non-hydrogen) atoms. The summed E-state index contributed by atoms with van der Waals surface area (Å²) in [6.07, 6.45) is -4.42. The molecule has 1 aromatic heterocycles. The van der Waals surface area contributed by atoms with Gasteiger partial charge in [0.1, 0.15) is 12.4 Å². The molecule has 0 spiro atoms. The summed E-state index contributed by atoms with van der Waals surface area (Å²) >= 11 is 0. The lowest BCUT2D eigenvalue weighted by atomic mass is 10.1. The highest BCUT2D eigenvalue weighted by molar-refractivity contribution is 5.96. The van der Waals surface area contributed by atoms with Crippen LogP contribution in [0.1, 0.15) is 33.1 Å². The first-order valence-electron chi connectivity index (χ1n) is 7.30. The average molecular weight is 369 g/mol. The maximum Gasteiger partial charge on any atom is 0.416 e. The molecule has 138 valence electrons. The van der Waals surface area contributed by atoms with Crippen LogP contribution in [-0.4, -0.2) is 38.6 Å². The molecule has 0 unspecified atom stereocenters. The maximum atomic E-state index is 12.6. The van der Waals surface area contributed by atoms with Crippen LogP contribution in [0.2, 0.25) is 0 Å². The number of nitrogens with zero attached hydrogens (tertiary/aromatic N) is 2. The van der Waals surface area contributed by atoms with Gasteiger partial charge in [-0.25, -0.2) is 9.97 Å². The van der Waals surface area contributed by atoms with Crippen LogP contribution >= 0.6 is 0 Å². The highest BCUT2D eigenvalue weighted by Crippen LogP contribution is 2.29. The number of nitrogens with one attached hydrogen (secondary N) is 1. The van der Waals surface area contributed by atoms with E-state index in [1.54, 1.807) is 0 Å². The van der Waals surface area contributed by atoms with Crippen LogP contribution in [0.25, 0.3) is 0 Å². The normalized spacial score (nSPS) is 11.2. The Labute approximate surface area is 145 Å². The van der Waals surface area contributed by atoms with E-state index in [1.165, 1.54) is 19.1 Å². The molecule has 0 aliphatic carbocycles. The Bertz CT molecular complexity index is 836. The van der Waals surface area contributed by atoms with Gasteiger partial charge >= 0.3 is 12.1 Å².